The number of aromatic nitrogens is 1. The first kappa shape index (κ1) is 20.9. The summed E-state index contributed by atoms with van der Waals surface area (Å²) in [5.74, 6) is -0.278. The van der Waals surface area contributed by atoms with Gasteiger partial charge in [0.05, 0.1) is 11.3 Å². The average Bonchev–Trinajstić information content (AvgIpc) is 2.73. The van der Waals surface area contributed by atoms with E-state index in [1.807, 2.05) is 0 Å². The van der Waals surface area contributed by atoms with Crippen LogP contribution < -0.4 is 10.6 Å². The molecule has 2 amide bonds. The number of benzene rings is 1. The molecule has 0 saturated heterocycles. The van der Waals surface area contributed by atoms with E-state index in [9.17, 15) is 14.0 Å². The maximum Gasteiger partial charge on any atom is 0.253 e. The molecule has 2 aromatic rings. The third-order valence-electron chi connectivity index (χ3n) is 5.13. The first-order chi connectivity index (χ1) is 14.0. The molecule has 1 aliphatic carbocycles. The summed E-state index contributed by atoms with van der Waals surface area (Å²) in [6, 6.07) is 9.69. The number of methoxy groups -OCH3 is 1. The molecule has 7 heteroatoms. The Balaban J connectivity index is 1.53. The van der Waals surface area contributed by atoms with Gasteiger partial charge in [0.2, 0.25) is 5.91 Å². The van der Waals surface area contributed by atoms with Gasteiger partial charge in [-0.25, -0.2) is 4.39 Å². The van der Waals surface area contributed by atoms with Crippen molar-refractivity contribution in [1.82, 2.24) is 15.6 Å². The summed E-state index contributed by atoms with van der Waals surface area (Å²) in [5.41, 5.74) is 1.76. The molecule has 0 radical (unpaired) electrons. The van der Waals surface area contributed by atoms with Gasteiger partial charge < -0.3 is 15.4 Å². The van der Waals surface area contributed by atoms with Crippen LogP contribution in [0.1, 0.15) is 36.0 Å². The number of pyridine rings is 1. The Kier molecular flexibility index (Phi) is 7.30. The summed E-state index contributed by atoms with van der Waals surface area (Å²) < 4.78 is 18.2. The van der Waals surface area contributed by atoms with Crippen molar-refractivity contribution < 1.29 is 18.7 Å². The lowest BCUT2D eigenvalue weighted by Gasteiger charge is -2.30. The van der Waals surface area contributed by atoms with E-state index < -0.39 is 0 Å². The second-order valence-electron chi connectivity index (χ2n) is 7.38. The van der Waals surface area contributed by atoms with Gasteiger partial charge in [0.15, 0.2) is 0 Å². The zero-order chi connectivity index (χ0) is 20.6. The smallest absolute Gasteiger partial charge is 0.253 e. The maximum absolute atomic E-state index is 13.4. The topological polar surface area (TPSA) is 80.3 Å². The average molecular weight is 399 g/mol. The van der Waals surface area contributed by atoms with Gasteiger partial charge >= 0.3 is 0 Å². The van der Waals surface area contributed by atoms with Gasteiger partial charge in [0.25, 0.3) is 5.91 Å². The van der Waals surface area contributed by atoms with Crippen molar-refractivity contribution in [3.05, 3.63) is 54.0 Å². The zero-order valence-electron chi connectivity index (χ0n) is 16.5. The van der Waals surface area contributed by atoms with Crippen LogP contribution in [0.25, 0.3) is 11.3 Å². The van der Waals surface area contributed by atoms with E-state index in [1.54, 1.807) is 24.3 Å². The molecule has 6 nitrogen and oxygen atoms in total. The SMILES string of the molecule is COCC(=O)NC[C@H]1CCC[C@@H](NC(=O)c2ccc(-c3cccc(F)c3)nc2)C1. The number of halogens is 1. The minimum atomic E-state index is -0.323. The van der Waals surface area contributed by atoms with Crippen molar-refractivity contribution in [3.63, 3.8) is 0 Å². The zero-order valence-corrected chi connectivity index (χ0v) is 16.5. The van der Waals surface area contributed by atoms with Crippen LogP contribution in [0.2, 0.25) is 0 Å². The van der Waals surface area contributed by atoms with Crippen molar-refractivity contribution in [1.29, 1.82) is 0 Å². The molecular weight excluding hydrogens is 373 g/mol. The van der Waals surface area contributed by atoms with E-state index in [-0.39, 0.29) is 30.3 Å². The molecule has 1 aromatic heterocycles. The Hall–Kier alpha value is -2.80. The summed E-state index contributed by atoms with van der Waals surface area (Å²) in [7, 11) is 1.49. The first-order valence-corrected chi connectivity index (χ1v) is 9.83. The Labute approximate surface area is 169 Å². The number of carbonyl (C=O) groups is 2. The third-order valence-corrected chi connectivity index (χ3v) is 5.13. The lowest BCUT2D eigenvalue weighted by atomic mass is 9.85. The molecular formula is C22H26FN3O3. The molecule has 2 atom stereocenters. The fourth-order valence-corrected chi connectivity index (χ4v) is 3.66. The van der Waals surface area contributed by atoms with Crippen molar-refractivity contribution in [2.24, 2.45) is 5.92 Å². The third kappa shape index (κ3) is 6.09. The second kappa shape index (κ2) is 10.1. The van der Waals surface area contributed by atoms with E-state index in [0.717, 1.165) is 25.7 Å². The summed E-state index contributed by atoms with van der Waals surface area (Å²) in [4.78, 5) is 28.4. The second-order valence-corrected chi connectivity index (χ2v) is 7.38. The molecule has 0 spiro atoms. The summed E-state index contributed by atoms with van der Waals surface area (Å²) in [5, 5.41) is 5.94. The molecule has 1 aliphatic rings. The largest absolute Gasteiger partial charge is 0.375 e. The number of hydrogen-bond donors (Lipinski definition) is 2. The number of amides is 2. The van der Waals surface area contributed by atoms with Crippen LogP contribution in [-0.4, -0.2) is 43.1 Å². The number of carbonyl (C=O) groups excluding carboxylic acids is 2. The van der Waals surface area contributed by atoms with Gasteiger partial charge in [-0.15, -0.1) is 0 Å². The van der Waals surface area contributed by atoms with Crippen LogP contribution in [0.15, 0.2) is 42.6 Å². The van der Waals surface area contributed by atoms with Crippen LogP contribution in [0.3, 0.4) is 0 Å². The van der Waals surface area contributed by atoms with Crippen LogP contribution in [0, 0.1) is 11.7 Å². The molecule has 1 fully saturated rings. The molecule has 1 aromatic carbocycles. The number of nitrogens with zero attached hydrogens (tertiary/aromatic N) is 1. The van der Waals surface area contributed by atoms with Crippen molar-refractivity contribution in [2.45, 2.75) is 31.7 Å². The molecule has 29 heavy (non-hydrogen) atoms. The monoisotopic (exact) mass is 399 g/mol. The van der Waals surface area contributed by atoms with E-state index >= 15 is 0 Å². The van der Waals surface area contributed by atoms with E-state index in [1.165, 1.54) is 25.4 Å². The lowest BCUT2D eigenvalue weighted by Crippen LogP contribution is -2.41. The number of ether oxygens (including phenoxy) is 1. The van der Waals surface area contributed by atoms with Crippen molar-refractivity contribution >= 4 is 11.8 Å². The standard InChI is InChI=1S/C22H26FN3O3/c1-29-14-21(27)25-12-15-4-2-7-19(10-15)26-22(28)17-8-9-20(24-13-17)16-5-3-6-18(23)11-16/h3,5-6,8-9,11,13,15,19H,2,4,7,10,12,14H2,1H3,(H,25,27)(H,26,28)/t15-,19+/m0/s1. The quantitative estimate of drug-likeness (QED) is 0.750. The Bertz CT molecular complexity index is 841. The molecule has 1 saturated carbocycles. The minimum Gasteiger partial charge on any atom is -0.375 e. The highest BCUT2D eigenvalue weighted by Crippen LogP contribution is 2.24. The van der Waals surface area contributed by atoms with E-state index in [4.69, 9.17) is 4.74 Å². The molecule has 3 rings (SSSR count). The number of nitrogens with one attached hydrogen (secondary N) is 2. The fourth-order valence-electron chi connectivity index (χ4n) is 3.66. The Morgan fingerprint density at radius 2 is 2.10 bits per heavy atom. The molecule has 0 unspecified atom stereocenters. The molecule has 154 valence electrons. The Morgan fingerprint density at radius 1 is 1.24 bits per heavy atom. The van der Waals surface area contributed by atoms with Gasteiger partial charge in [-0.05, 0) is 49.4 Å². The Morgan fingerprint density at radius 3 is 2.83 bits per heavy atom. The van der Waals surface area contributed by atoms with Crippen LogP contribution in [0.4, 0.5) is 4.39 Å². The number of hydrogen-bond acceptors (Lipinski definition) is 4. The van der Waals surface area contributed by atoms with Gasteiger partial charge in [-0.1, -0.05) is 18.6 Å². The summed E-state index contributed by atoms with van der Waals surface area (Å²) in [6.45, 7) is 0.657. The van der Waals surface area contributed by atoms with Gasteiger partial charge in [-0.3, -0.25) is 14.6 Å². The van der Waals surface area contributed by atoms with Crippen molar-refractivity contribution in [2.75, 3.05) is 20.3 Å². The maximum atomic E-state index is 13.4. The highest BCUT2D eigenvalue weighted by Gasteiger charge is 2.24. The molecule has 1 heterocycles. The predicted octanol–water partition coefficient (Wildman–Crippen LogP) is 2.94. The minimum absolute atomic E-state index is 0.0610. The van der Waals surface area contributed by atoms with Crippen LogP contribution >= 0.6 is 0 Å². The summed E-state index contributed by atoms with van der Waals surface area (Å²) in [6.07, 6.45) is 5.30. The number of rotatable bonds is 7. The molecule has 2 N–H and O–H groups in total. The first-order valence-electron chi connectivity index (χ1n) is 9.83. The normalized spacial score (nSPS) is 18.8. The van der Waals surface area contributed by atoms with Gasteiger partial charge in [0.1, 0.15) is 12.4 Å². The van der Waals surface area contributed by atoms with Gasteiger partial charge in [0, 0.05) is 31.5 Å². The van der Waals surface area contributed by atoms with Gasteiger partial charge in [-0.2, -0.15) is 0 Å². The fraction of sp³-hybridized carbons (Fsp3) is 0.409. The lowest BCUT2D eigenvalue weighted by molar-refractivity contribution is -0.124. The molecule has 0 aliphatic heterocycles. The highest BCUT2D eigenvalue weighted by molar-refractivity contribution is 5.94. The van der Waals surface area contributed by atoms with Crippen molar-refractivity contribution in [3.8, 4) is 11.3 Å². The highest BCUT2D eigenvalue weighted by atomic mass is 19.1. The molecule has 0 bridgehead atoms. The van der Waals surface area contributed by atoms with E-state index in [2.05, 4.69) is 15.6 Å². The van der Waals surface area contributed by atoms with Crippen LogP contribution in [-0.2, 0) is 9.53 Å². The predicted molar refractivity (Wildman–Crippen MR) is 108 cm³/mol. The van der Waals surface area contributed by atoms with E-state index in [0.29, 0.717) is 29.3 Å². The van der Waals surface area contributed by atoms with Crippen LogP contribution in [0.5, 0.6) is 0 Å². The summed E-state index contributed by atoms with van der Waals surface area (Å²) >= 11 is 0.